The third kappa shape index (κ3) is 12.5. The van der Waals surface area contributed by atoms with Gasteiger partial charge >= 0.3 is 11.9 Å². The molecule has 0 heterocycles. The van der Waals surface area contributed by atoms with Crippen molar-refractivity contribution in [2.45, 2.75) is 64.2 Å². The number of amides is 2. The number of aliphatic carboxylic acids is 1. The number of rotatable bonds is 13. The van der Waals surface area contributed by atoms with Crippen molar-refractivity contribution < 1.29 is 29.1 Å². The lowest BCUT2D eigenvalue weighted by Crippen LogP contribution is -2.26. The van der Waals surface area contributed by atoms with Crippen molar-refractivity contribution in [3.05, 3.63) is 30.3 Å². The molecule has 3 N–H and O–H groups in total. The van der Waals surface area contributed by atoms with Gasteiger partial charge in [-0.15, -0.1) is 0 Å². The Balaban J connectivity index is 1.96. The summed E-state index contributed by atoms with van der Waals surface area (Å²) in [6, 6.07) is 9.27. The van der Waals surface area contributed by atoms with Crippen LogP contribution < -0.4 is 10.8 Å². The lowest BCUT2D eigenvalue weighted by molar-refractivity contribution is -0.158. The number of carbonyl (C=O) groups is 4. The second kappa shape index (κ2) is 14.2. The Labute approximate surface area is 164 Å². The molecule has 0 bridgehead atoms. The minimum atomic E-state index is -0.904. The smallest absolute Gasteiger partial charge is 0.332 e. The molecule has 8 nitrogen and oxygen atoms in total. The lowest BCUT2D eigenvalue weighted by Gasteiger charge is -2.06. The third-order valence-electron chi connectivity index (χ3n) is 3.92. The second-order valence-electron chi connectivity index (χ2n) is 6.43. The molecule has 0 aliphatic carbocycles. The molecule has 28 heavy (non-hydrogen) atoms. The summed E-state index contributed by atoms with van der Waals surface area (Å²) in [5.41, 5.74) is 2.88. The third-order valence-corrected chi connectivity index (χ3v) is 3.92. The fraction of sp³-hybridized carbons (Fsp3) is 0.500. The van der Waals surface area contributed by atoms with E-state index in [1.165, 1.54) is 0 Å². The van der Waals surface area contributed by atoms with E-state index in [1.54, 1.807) is 0 Å². The van der Waals surface area contributed by atoms with Crippen molar-refractivity contribution in [2.24, 2.45) is 0 Å². The Kier molecular flexibility index (Phi) is 11.7. The standard InChI is InChI=1S/C20H28N2O6/c23-17(21-16-10-4-3-5-11-16)12-6-1-2-7-13-18(24)22-28-20(27)15-9-8-14-19(25)26/h3-5,10-11H,1-2,6-9,12-15H2,(H,21,23)(H,22,24)(H,25,26). The summed E-state index contributed by atoms with van der Waals surface area (Å²) in [6.07, 6.45) is 4.55. The van der Waals surface area contributed by atoms with Crippen molar-refractivity contribution in [3.8, 4) is 0 Å². The minimum Gasteiger partial charge on any atom is -0.481 e. The van der Waals surface area contributed by atoms with Crippen LogP contribution in [0.5, 0.6) is 0 Å². The van der Waals surface area contributed by atoms with E-state index in [2.05, 4.69) is 15.6 Å². The number of nitrogens with one attached hydrogen (secondary N) is 2. The monoisotopic (exact) mass is 392 g/mol. The average Bonchev–Trinajstić information content (AvgIpc) is 2.67. The number of hydrogen-bond acceptors (Lipinski definition) is 5. The van der Waals surface area contributed by atoms with E-state index in [-0.39, 0.29) is 31.1 Å². The number of anilines is 1. The fourth-order valence-corrected chi connectivity index (χ4v) is 2.43. The van der Waals surface area contributed by atoms with Gasteiger partial charge < -0.3 is 15.3 Å². The normalized spacial score (nSPS) is 10.1. The summed E-state index contributed by atoms with van der Waals surface area (Å²) in [4.78, 5) is 49.7. The maximum absolute atomic E-state index is 11.8. The Bertz CT molecular complexity index is 633. The molecule has 0 radical (unpaired) electrons. The number of carboxylic acids is 1. The largest absolute Gasteiger partial charge is 0.481 e. The highest BCUT2D eigenvalue weighted by molar-refractivity contribution is 5.90. The molecule has 154 valence electrons. The summed E-state index contributed by atoms with van der Waals surface area (Å²) in [6.45, 7) is 0. The van der Waals surface area contributed by atoms with E-state index in [1.807, 2.05) is 30.3 Å². The predicted octanol–water partition coefficient (Wildman–Crippen LogP) is 3.19. The van der Waals surface area contributed by atoms with Crippen LogP contribution in [-0.2, 0) is 24.0 Å². The molecule has 1 aromatic rings. The molecule has 0 fully saturated rings. The second-order valence-corrected chi connectivity index (χ2v) is 6.43. The Morgan fingerprint density at radius 3 is 1.96 bits per heavy atom. The number of hydroxylamine groups is 1. The van der Waals surface area contributed by atoms with Gasteiger partial charge in [-0.25, -0.2) is 4.79 Å². The zero-order valence-electron chi connectivity index (χ0n) is 15.9. The number of unbranched alkanes of at least 4 members (excludes halogenated alkanes) is 4. The van der Waals surface area contributed by atoms with E-state index in [4.69, 9.17) is 5.11 Å². The molecule has 0 unspecified atom stereocenters. The van der Waals surface area contributed by atoms with E-state index >= 15 is 0 Å². The first-order valence-corrected chi connectivity index (χ1v) is 9.52. The van der Waals surface area contributed by atoms with E-state index in [0.29, 0.717) is 25.7 Å². The van der Waals surface area contributed by atoms with Crippen LogP contribution >= 0.6 is 0 Å². The van der Waals surface area contributed by atoms with Crippen LogP contribution in [0.15, 0.2) is 30.3 Å². The first kappa shape index (κ1) is 23.1. The van der Waals surface area contributed by atoms with Crippen LogP contribution in [0.4, 0.5) is 5.69 Å². The maximum atomic E-state index is 11.8. The van der Waals surface area contributed by atoms with Crippen LogP contribution in [0, 0.1) is 0 Å². The van der Waals surface area contributed by atoms with Crippen molar-refractivity contribution in [3.63, 3.8) is 0 Å². The van der Waals surface area contributed by atoms with Gasteiger partial charge in [0.15, 0.2) is 0 Å². The van der Waals surface area contributed by atoms with E-state index < -0.39 is 11.9 Å². The zero-order valence-corrected chi connectivity index (χ0v) is 15.9. The van der Waals surface area contributed by atoms with Crippen molar-refractivity contribution in [1.29, 1.82) is 0 Å². The van der Waals surface area contributed by atoms with Gasteiger partial charge in [0, 0.05) is 31.4 Å². The topological polar surface area (TPSA) is 122 Å². The summed E-state index contributed by atoms with van der Waals surface area (Å²) in [7, 11) is 0. The number of para-hydroxylation sites is 1. The van der Waals surface area contributed by atoms with Gasteiger partial charge in [-0.1, -0.05) is 31.0 Å². The highest BCUT2D eigenvalue weighted by Crippen LogP contribution is 2.09. The molecular formula is C20H28N2O6. The molecule has 0 saturated carbocycles. The summed E-state index contributed by atoms with van der Waals surface area (Å²) in [5, 5.41) is 11.3. The molecule has 0 atom stereocenters. The minimum absolute atomic E-state index is 0.00749. The first-order valence-electron chi connectivity index (χ1n) is 9.52. The van der Waals surface area contributed by atoms with Gasteiger partial charge in [0.1, 0.15) is 0 Å². The van der Waals surface area contributed by atoms with Gasteiger partial charge in [-0.2, -0.15) is 5.48 Å². The average molecular weight is 392 g/mol. The van der Waals surface area contributed by atoms with Crippen LogP contribution in [0.25, 0.3) is 0 Å². The summed E-state index contributed by atoms with van der Waals surface area (Å²) in [5.74, 6) is -1.89. The van der Waals surface area contributed by atoms with E-state index in [0.717, 1.165) is 24.9 Å². The molecule has 0 aliphatic rings. The van der Waals surface area contributed by atoms with E-state index in [9.17, 15) is 19.2 Å². The molecule has 0 saturated heterocycles. The molecule has 8 heteroatoms. The van der Waals surface area contributed by atoms with Gasteiger partial charge in [0.25, 0.3) is 5.91 Å². The molecular weight excluding hydrogens is 364 g/mol. The van der Waals surface area contributed by atoms with Gasteiger partial charge in [0.05, 0.1) is 0 Å². The highest BCUT2D eigenvalue weighted by atomic mass is 16.7. The summed E-state index contributed by atoms with van der Waals surface area (Å²) >= 11 is 0. The number of carbonyl (C=O) groups excluding carboxylic acids is 3. The van der Waals surface area contributed by atoms with Crippen molar-refractivity contribution in [2.75, 3.05) is 5.32 Å². The van der Waals surface area contributed by atoms with Gasteiger partial charge in [0.2, 0.25) is 5.91 Å². The highest BCUT2D eigenvalue weighted by Gasteiger charge is 2.08. The van der Waals surface area contributed by atoms with Crippen molar-refractivity contribution in [1.82, 2.24) is 5.48 Å². The summed E-state index contributed by atoms with van der Waals surface area (Å²) < 4.78 is 0. The molecule has 1 aromatic carbocycles. The SMILES string of the molecule is O=C(O)CCCCC(=O)ONC(=O)CCCCCCC(=O)Nc1ccccc1. The predicted molar refractivity (Wildman–Crippen MR) is 103 cm³/mol. The van der Waals surface area contributed by atoms with Crippen LogP contribution in [-0.4, -0.2) is 28.9 Å². The lowest BCUT2D eigenvalue weighted by atomic mass is 10.1. The Morgan fingerprint density at radius 2 is 1.32 bits per heavy atom. The molecule has 2 amide bonds. The zero-order chi connectivity index (χ0) is 20.6. The van der Waals surface area contributed by atoms with Gasteiger partial charge in [-0.05, 0) is 37.8 Å². The van der Waals surface area contributed by atoms with Crippen LogP contribution in [0.3, 0.4) is 0 Å². The number of carboxylic acid groups (broad SMARTS) is 1. The molecule has 0 aliphatic heterocycles. The Morgan fingerprint density at radius 1 is 0.750 bits per heavy atom. The van der Waals surface area contributed by atoms with Crippen molar-refractivity contribution >= 4 is 29.4 Å². The number of hydrogen-bond donors (Lipinski definition) is 3. The number of benzene rings is 1. The molecule has 0 spiro atoms. The first-order chi connectivity index (χ1) is 13.5. The Hall–Kier alpha value is -2.90. The quantitative estimate of drug-likeness (QED) is 0.350. The fourth-order valence-electron chi connectivity index (χ4n) is 2.43. The van der Waals surface area contributed by atoms with Crippen LogP contribution in [0.1, 0.15) is 64.2 Å². The molecule has 0 aromatic heterocycles. The van der Waals surface area contributed by atoms with Gasteiger partial charge in [-0.3, -0.25) is 14.4 Å². The molecule has 1 rings (SSSR count). The van der Waals surface area contributed by atoms with Crippen LogP contribution in [0.2, 0.25) is 0 Å². The maximum Gasteiger partial charge on any atom is 0.332 e.